The van der Waals surface area contributed by atoms with Gasteiger partial charge in [0.05, 0.1) is 11.5 Å². The number of ketones is 2. The van der Waals surface area contributed by atoms with Crippen LogP contribution in [0.3, 0.4) is 0 Å². The summed E-state index contributed by atoms with van der Waals surface area (Å²) >= 11 is 1.50. The van der Waals surface area contributed by atoms with Crippen LogP contribution in [0.5, 0.6) is 0 Å². The maximum absolute atomic E-state index is 13.0. The third kappa shape index (κ3) is 6.46. The number of carbonyl (C=O) groups is 2. The predicted molar refractivity (Wildman–Crippen MR) is 128 cm³/mol. The summed E-state index contributed by atoms with van der Waals surface area (Å²) in [5, 5.41) is 1.93. The van der Waals surface area contributed by atoms with Crippen molar-refractivity contribution in [3.63, 3.8) is 0 Å². The fourth-order valence-corrected chi connectivity index (χ4v) is 4.19. The second kappa shape index (κ2) is 10.2. The van der Waals surface area contributed by atoms with Crippen LogP contribution in [0.4, 0.5) is 0 Å². The molecule has 3 nitrogen and oxygen atoms in total. The number of aryl methyl sites for hydroxylation is 1. The molecule has 0 saturated carbocycles. The van der Waals surface area contributed by atoms with Gasteiger partial charge in [0.25, 0.3) is 0 Å². The average Bonchev–Trinajstić information content (AvgIpc) is 3.30. The highest BCUT2D eigenvalue weighted by Crippen LogP contribution is 2.28. The van der Waals surface area contributed by atoms with Crippen molar-refractivity contribution in [2.75, 3.05) is 6.61 Å². The van der Waals surface area contributed by atoms with Gasteiger partial charge in [0.2, 0.25) is 0 Å². The Morgan fingerprint density at radius 3 is 2.06 bits per heavy atom. The molecule has 0 radical (unpaired) electrons. The Morgan fingerprint density at radius 2 is 1.55 bits per heavy atom. The van der Waals surface area contributed by atoms with Crippen LogP contribution in [0.15, 0.2) is 66.0 Å². The number of hydrogen-bond acceptors (Lipinski definition) is 4. The van der Waals surface area contributed by atoms with Crippen molar-refractivity contribution in [3.8, 4) is 11.1 Å². The number of rotatable bonds is 9. The van der Waals surface area contributed by atoms with E-state index in [0.29, 0.717) is 5.56 Å². The zero-order chi connectivity index (χ0) is 22.4. The van der Waals surface area contributed by atoms with Gasteiger partial charge in [-0.1, -0.05) is 61.5 Å². The van der Waals surface area contributed by atoms with Gasteiger partial charge >= 0.3 is 0 Å². The van der Waals surface area contributed by atoms with Gasteiger partial charge in [-0.05, 0) is 55.3 Å². The van der Waals surface area contributed by atoms with Crippen LogP contribution in [0, 0.1) is 0 Å². The average molecular weight is 435 g/mol. The molecular weight excluding hydrogens is 404 g/mol. The third-order valence-electron chi connectivity index (χ3n) is 5.21. The number of Topliss-reactive ketones (excluding diaryl/α,β-unsaturated/α-hetero) is 2. The van der Waals surface area contributed by atoms with Gasteiger partial charge in [-0.3, -0.25) is 9.59 Å². The van der Waals surface area contributed by atoms with Crippen LogP contribution in [0.2, 0.25) is 0 Å². The topological polar surface area (TPSA) is 43.4 Å². The minimum Gasteiger partial charge on any atom is -0.368 e. The monoisotopic (exact) mass is 434 g/mol. The lowest BCUT2D eigenvalue weighted by atomic mass is 9.92. The summed E-state index contributed by atoms with van der Waals surface area (Å²) in [6.45, 7) is 7.90. The SMILES string of the molecule is CCc1ccc(-c2ccc(C(=O)CC(C(=O)COC(C)(C)C)c3cccs3)cc2)cc1. The molecule has 0 aliphatic heterocycles. The Labute approximate surface area is 189 Å². The maximum Gasteiger partial charge on any atom is 0.167 e. The van der Waals surface area contributed by atoms with Crippen molar-refractivity contribution < 1.29 is 14.3 Å². The van der Waals surface area contributed by atoms with Crippen LogP contribution in [0.1, 0.15) is 60.8 Å². The maximum atomic E-state index is 13.0. The van der Waals surface area contributed by atoms with Gasteiger partial charge in [-0.15, -0.1) is 11.3 Å². The van der Waals surface area contributed by atoms with E-state index in [-0.39, 0.29) is 24.6 Å². The summed E-state index contributed by atoms with van der Waals surface area (Å²) in [5.41, 5.74) is 3.73. The molecule has 0 aliphatic carbocycles. The zero-order valence-electron chi connectivity index (χ0n) is 18.7. The summed E-state index contributed by atoms with van der Waals surface area (Å²) in [6, 6.07) is 20.0. The molecule has 2 aromatic carbocycles. The molecule has 0 aliphatic rings. The Kier molecular flexibility index (Phi) is 7.58. The summed E-state index contributed by atoms with van der Waals surface area (Å²) in [4.78, 5) is 26.8. The zero-order valence-corrected chi connectivity index (χ0v) is 19.5. The molecule has 0 amide bonds. The van der Waals surface area contributed by atoms with E-state index < -0.39 is 11.5 Å². The van der Waals surface area contributed by atoms with Crippen LogP contribution < -0.4 is 0 Å². The molecule has 3 rings (SSSR count). The molecule has 1 unspecified atom stereocenters. The Morgan fingerprint density at radius 1 is 0.935 bits per heavy atom. The van der Waals surface area contributed by atoms with E-state index in [1.165, 1.54) is 16.9 Å². The largest absolute Gasteiger partial charge is 0.368 e. The Balaban J connectivity index is 1.73. The second-order valence-corrected chi connectivity index (χ2v) is 9.67. The lowest BCUT2D eigenvalue weighted by molar-refractivity contribution is -0.129. The summed E-state index contributed by atoms with van der Waals surface area (Å²) in [6.07, 6.45) is 1.16. The number of thiophene rings is 1. The summed E-state index contributed by atoms with van der Waals surface area (Å²) in [7, 11) is 0. The number of carbonyl (C=O) groups excluding carboxylic acids is 2. The van der Waals surface area contributed by atoms with Crippen molar-refractivity contribution in [1.29, 1.82) is 0 Å². The van der Waals surface area contributed by atoms with E-state index in [1.54, 1.807) is 0 Å². The van der Waals surface area contributed by atoms with E-state index in [9.17, 15) is 9.59 Å². The molecule has 0 spiro atoms. The van der Waals surface area contributed by atoms with Crippen molar-refractivity contribution in [1.82, 2.24) is 0 Å². The first-order valence-electron chi connectivity index (χ1n) is 10.7. The number of benzene rings is 2. The van der Waals surface area contributed by atoms with Gasteiger partial charge in [0.15, 0.2) is 11.6 Å². The van der Waals surface area contributed by atoms with E-state index in [1.807, 2.05) is 62.5 Å². The van der Waals surface area contributed by atoms with Crippen molar-refractivity contribution in [2.45, 2.75) is 52.1 Å². The van der Waals surface area contributed by atoms with Gasteiger partial charge in [-0.25, -0.2) is 0 Å². The lowest BCUT2D eigenvalue weighted by Gasteiger charge is -2.21. The highest BCUT2D eigenvalue weighted by Gasteiger charge is 2.26. The van der Waals surface area contributed by atoms with Crippen LogP contribution in [-0.2, 0) is 16.0 Å². The molecule has 0 bridgehead atoms. The van der Waals surface area contributed by atoms with Gasteiger partial charge in [0, 0.05) is 16.9 Å². The molecule has 0 fully saturated rings. The molecule has 1 heterocycles. The fraction of sp³-hybridized carbons (Fsp3) is 0.333. The Bertz CT molecular complexity index is 994. The lowest BCUT2D eigenvalue weighted by Crippen LogP contribution is -2.27. The fourth-order valence-electron chi connectivity index (χ4n) is 3.34. The predicted octanol–water partition coefficient (Wildman–Crippen LogP) is 6.72. The molecule has 1 atom stereocenters. The van der Waals surface area contributed by atoms with Crippen LogP contribution in [0.25, 0.3) is 11.1 Å². The normalized spacial score (nSPS) is 12.5. The molecule has 1 aromatic heterocycles. The first-order valence-corrected chi connectivity index (χ1v) is 11.6. The van der Waals surface area contributed by atoms with Crippen molar-refractivity contribution >= 4 is 22.9 Å². The molecule has 0 saturated heterocycles. The first-order chi connectivity index (χ1) is 14.8. The molecule has 31 heavy (non-hydrogen) atoms. The van der Waals surface area contributed by atoms with E-state index >= 15 is 0 Å². The highest BCUT2D eigenvalue weighted by molar-refractivity contribution is 7.10. The standard InChI is InChI=1S/C27H30O3S/c1-5-19-8-10-20(11-9-19)21-12-14-22(15-13-21)24(28)17-23(26-7-6-16-31-26)25(29)18-30-27(2,3)4/h6-16,23H,5,17-18H2,1-4H3. The van der Waals surface area contributed by atoms with E-state index in [0.717, 1.165) is 22.4 Å². The molecule has 4 heteroatoms. The van der Waals surface area contributed by atoms with Gasteiger partial charge in [0.1, 0.15) is 6.61 Å². The quantitative estimate of drug-likeness (QED) is 0.351. The second-order valence-electron chi connectivity index (χ2n) is 8.69. The molecule has 0 N–H and O–H groups in total. The number of hydrogen-bond donors (Lipinski definition) is 0. The van der Waals surface area contributed by atoms with Crippen LogP contribution >= 0.6 is 11.3 Å². The molecule has 3 aromatic rings. The van der Waals surface area contributed by atoms with Crippen molar-refractivity contribution in [3.05, 3.63) is 82.0 Å². The van der Waals surface area contributed by atoms with Crippen LogP contribution in [-0.4, -0.2) is 23.8 Å². The summed E-state index contributed by atoms with van der Waals surface area (Å²) < 4.78 is 5.68. The minimum atomic E-state index is -0.476. The molecular formula is C27H30O3S. The highest BCUT2D eigenvalue weighted by atomic mass is 32.1. The summed E-state index contributed by atoms with van der Waals surface area (Å²) in [5.74, 6) is -0.565. The van der Waals surface area contributed by atoms with E-state index in [4.69, 9.17) is 4.74 Å². The Hall–Kier alpha value is -2.56. The smallest absolute Gasteiger partial charge is 0.167 e. The van der Waals surface area contributed by atoms with Gasteiger partial charge < -0.3 is 4.74 Å². The van der Waals surface area contributed by atoms with Gasteiger partial charge in [-0.2, -0.15) is 0 Å². The van der Waals surface area contributed by atoms with Crippen molar-refractivity contribution in [2.24, 2.45) is 0 Å². The molecule has 162 valence electrons. The first kappa shape index (κ1) is 23.1. The van der Waals surface area contributed by atoms with E-state index in [2.05, 4.69) is 31.2 Å². The third-order valence-corrected chi connectivity index (χ3v) is 6.20. The minimum absolute atomic E-state index is 0.00599. The number of ether oxygens (including phenoxy) is 1.